The lowest BCUT2D eigenvalue weighted by Gasteiger charge is -2.42. The summed E-state index contributed by atoms with van der Waals surface area (Å²) in [7, 11) is 0. The highest BCUT2D eigenvalue weighted by Gasteiger charge is 2.29. The Kier molecular flexibility index (Phi) is 5.71. The van der Waals surface area contributed by atoms with E-state index in [1.807, 2.05) is 32.2 Å². The van der Waals surface area contributed by atoms with Crippen LogP contribution >= 0.6 is 0 Å². The Labute approximate surface area is 149 Å². The molecule has 6 heteroatoms. The van der Waals surface area contributed by atoms with Crippen LogP contribution in [0.2, 0.25) is 0 Å². The molecule has 1 aliphatic rings. The van der Waals surface area contributed by atoms with Crippen LogP contribution in [0, 0.1) is 13.8 Å². The second-order valence-electron chi connectivity index (χ2n) is 6.71. The van der Waals surface area contributed by atoms with Crippen molar-refractivity contribution >= 4 is 5.82 Å². The Morgan fingerprint density at radius 1 is 1.28 bits per heavy atom. The molecule has 1 saturated heterocycles. The molecule has 2 aromatic rings. The molecule has 1 atom stereocenters. The van der Waals surface area contributed by atoms with Crippen LogP contribution in [0.25, 0.3) is 0 Å². The quantitative estimate of drug-likeness (QED) is 0.867. The van der Waals surface area contributed by atoms with Crippen molar-refractivity contribution in [2.45, 2.75) is 46.2 Å². The number of rotatable bonds is 6. The number of aromatic nitrogens is 2. The summed E-state index contributed by atoms with van der Waals surface area (Å²) in [5.41, 5.74) is 1.18. The van der Waals surface area contributed by atoms with Gasteiger partial charge in [-0.3, -0.25) is 4.90 Å². The molecule has 0 spiro atoms. The molecule has 1 N–H and O–H groups in total. The van der Waals surface area contributed by atoms with Gasteiger partial charge in [-0.25, -0.2) is 9.97 Å². The molecule has 0 radical (unpaired) electrons. The minimum atomic E-state index is 0.190. The van der Waals surface area contributed by atoms with Crippen LogP contribution in [0.5, 0.6) is 0 Å². The van der Waals surface area contributed by atoms with E-state index in [0.29, 0.717) is 0 Å². The van der Waals surface area contributed by atoms with Crippen molar-refractivity contribution in [1.29, 1.82) is 0 Å². The molecule has 0 saturated carbocycles. The van der Waals surface area contributed by atoms with Crippen LogP contribution < -0.4 is 4.90 Å². The second kappa shape index (κ2) is 7.97. The summed E-state index contributed by atoms with van der Waals surface area (Å²) in [5.74, 6) is 3.78. The van der Waals surface area contributed by atoms with Crippen molar-refractivity contribution in [3.63, 3.8) is 0 Å². The van der Waals surface area contributed by atoms with Crippen molar-refractivity contribution < 1.29 is 9.52 Å². The molecule has 2 aromatic heterocycles. The zero-order valence-corrected chi connectivity index (χ0v) is 15.4. The summed E-state index contributed by atoms with van der Waals surface area (Å²) < 4.78 is 5.74. The first kappa shape index (κ1) is 17.9. The van der Waals surface area contributed by atoms with Crippen molar-refractivity contribution in [1.82, 2.24) is 14.9 Å². The molecule has 3 rings (SSSR count). The van der Waals surface area contributed by atoms with Gasteiger partial charge in [0.05, 0.1) is 6.54 Å². The van der Waals surface area contributed by atoms with E-state index in [0.717, 1.165) is 62.2 Å². The number of hydrogen-bond acceptors (Lipinski definition) is 6. The van der Waals surface area contributed by atoms with Gasteiger partial charge < -0.3 is 14.4 Å². The Hall–Kier alpha value is -1.92. The van der Waals surface area contributed by atoms with Gasteiger partial charge in [0, 0.05) is 44.0 Å². The van der Waals surface area contributed by atoms with E-state index in [2.05, 4.69) is 26.7 Å². The Morgan fingerprint density at radius 3 is 2.80 bits per heavy atom. The fourth-order valence-corrected chi connectivity index (χ4v) is 3.49. The Morgan fingerprint density at radius 2 is 2.12 bits per heavy atom. The van der Waals surface area contributed by atoms with E-state index < -0.39 is 0 Å². The van der Waals surface area contributed by atoms with Crippen LogP contribution in [0.3, 0.4) is 0 Å². The molecular formula is C19H28N4O2. The monoisotopic (exact) mass is 344 g/mol. The largest absolute Gasteiger partial charge is 0.465 e. The van der Waals surface area contributed by atoms with Gasteiger partial charge in [0.1, 0.15) is 23.2 Å². The molecule has 25 heavy (non-hydrogen) atoms. The van der Waals surface area contributed by atoms with Gasteiger partial charge in [-0.15, -0.1) is 0 Å². The maximum Gasteiger partial charge on any atom is 0.135 e. The van der Waals surface area contributed by atoms with Crippen molar-refractivity contribution in [3.8, 4) is 0 Å². The van der Waals surface area contributed by atoms with Crippen molar-refractivity contribution in [2.24, 2.45) is 0 Å². The standard InChI is InChI=1S/C19H28N4O2/c1-4-16-11-20-15(3)21-19(16)23-9-8-22(17(12-23)7-10-24)13-18-6-5-14(2)25-18/h5-6,11,17,24H,4,7-10,12-13H2,1-3H3/t17-/m1/s1. The smallest absolute Gasteiger partial charge is 0.135 e. The molecule has 136 valence electrons. The fraction of sp³-hybridized carbons (Fsp3) is 0.579. The SMILES string of the molecule is CCc1cnc(C)nc1N1CCN(Cc2ccc(C)o2)[C@H](CCO)C1. The lowest BCUT2D eigenvalue weighted by atomic mass is 10.1. The number of aryl methyl sites for hydroxylation is 3. The van der Waals surface area contributed by atoms with E-state index in [4.69, 9.17) is 4.42 Å². The molecule has 6 nitrogen and oxygen atoms in total. The van der Waals surface area contributed by atoms with E-state index in [1.165, 1.54) is 5.56 Å². The molecule has 0 unspecified atom stereocenters. The number of nitrogens with zero attached hydrogens (tertiary/aromatic N) is 4. The summed E-state index contributed by atoms with van der Waals surface area (Å²) in [6.45, 7) is 9.73. The Balaban J connectivity index is 1.75. The summed E-state index contributed by atoms with van der Waals surface area (Å²) >= 11 is 0. The minimum absolute atomic E-state index is 0.190. The third-order valence-electron chi connectivity index (χ3n) is 4.86. The normalized spacial score (nSPS) is 18.7. The van der Waals surface area contributed by atoms with Gasteiger partial charge in [-0.05, 0) is 38.8 Å². The zero-order chi connectivity index (χ0) is 17.8. The van der Waals surface area contributed by atoms with Gasteiger partial charge in [0.25, 0.3) is 0 Å². The summed E-state index contributed by atoms with van der Waals surface area (Å²) in [4.78, 5) is 13.8. The lowest BCUT2D eigenvalue weighted by molar-refractivity contribution is 0.126. The molecule has 0 bridgehead atoms. The predicted octanol–water partition coefficient (Wildman–Crippen LogP) is 2.32. The zero-order valence-electron chi connectivity index (χ0n) is 15.4. The molecule has 1 fully saturated rings. The van der Waals surface area contributed by atoms with Gasteiger partial charge in [-0.2, -0.15) is 0 Å². The van der Waals surface area contributed by atoms with E-state index in [1.54, 1.807) is 0 Å². The summed E-state index contributed by atoms with van der Waals surface area (Å²) in [6, 6.07) is 4.33. The van der Waals surface area contributed by atoms with E-state index in [9.17, 15) is 5.11 Å². The summed E-state index contributed by atoms with van der Waals surface area (Å²) in [5, 5.41) is 9.51. The molecule has 0 aromatic carbocycles. The third kappa shape index (κ3) is 4.19. The lowest BCUT2D eigenvalue weighted by Crippen LogP contribution is -2.53. The first-order valence-corrected chi connectivity index (χ1v) is 9.08. The van der Waals surface area contributed by atoms with Crippen molar-refractivity contribution in [2.75, 3.05) is 31.1 Å². The summed E-state index contributed by atoms with van der Waals surface area (Å²) in [6.07, 6.45) is 3.62. The van der Waals surface area contributed by atoms with E-state index in [-0.39, 0.29) is 12.6 Å². The Bertz CT molecular complexity index is 700. The third-order valence-corrected chi connectivity index (χ3v) is 4.86. The topological polar surface area (TPSA) is 65.6 Å². The van der Waals surface area contributed by atoms with Crippen LogP contribution in [-0.2, 0) is 13.0 Å². The average Bonchev–Trinajstić information content (AvgIpc) is 3.01. The van der Waals surface area contributed by atoms with Gasteiger partial charge in [-0.1, -0.05) is 6.92 Å². The van der Waals surface area contributed by atoms with E-state index >= 15 is 0 Å². The number of piperazine rings is 1. The van der Waals surface area contributed by atoms with Crippen LogP contribution in [0.1, 0.15) is 36.3 Å². The maximum atomic E-state index is 9.51. The second-order valence-corrected chi connectivity index (χ2v) is 6.71. The van der Waals surface area contributed by atoms with Crippen molar-refractivity contribution in [3.05, 3.63) is 41.2 Å². The van der Waals surface area contributed by atoms with Gasteiger partial charge in [0.15, 0.2) is 0 Å². The van der Waals surface area contributed by atoms with Gasteiger partial charge >= 0.3 is 0 Å². The minimum Gasteiger partial charge on any atom is -0.465 e. The highest BCUT2D eigenvalue weighted by Crippen LogP contribution is 2.24. The number of anilines is 1. The molecule has 0 aliphatic carbocycles. The van der Waals surface area contributed by atoms with Gasteiger partial charge in [0.2, 0.25) is 0 Å². The number of furan rings is 1. The highest BCUT2D eigenvalue weighted by atomic mass is 16.3. The molecular weight excluding hydrogens is 316 g/mol. The molecule has 0 amide bonds. The number of hydrogen-bond donors (Lipinski definition) is 1. The number of aliphatic hydroxyl groups excluding tert-OH is 1. The fourth-order valence-electron chi connectivity index (χ4n) is 3.49. The predicted molar refractivity (Wildman–Crippen MR) is 97.7 cm³/mol. The first-order chi connectivity index (χ1) is 12.1. The highest BCUT2D eigenvalue weighted by molar-refractivity contribution is 5.47. The first-order valence-electron chi connectivity index (χ1n) is 9.08. The molecule has 1 aliphatic heterocycles. The van der Waals surface area contributed by atoms with Crippen LogP contribution in [0.4, 0.5) is 5.82 Å². The van der Waals surface area contributed by atoms with Crippen LogP contribution in [0.15, 0.2) is 22.7 Å². The van der Waals surface area contributed by atoms with Crippen LogP contribution in [-0.4, -0.2) is 52.3 Å². The molecule has 3 heterocycles. The maximum absolute atomic E-state index is 9.51. The average molecular weight is 344 g/mol. The number of aliphatic hydroxyl groups is 1.